The summed E-state index contributed by atoms with van der Waals surface area (Å²) in [6.07, 6.45) is 0. The summed E-state index contributed by atoms with van der Waals surface area (Å²) in [5.74, 6) is 1.33. The summed E-state index contributed by atoms with van der Waals surface area (Å²) >= 11 is 0. The molecule has 6 nitrogen and oxygen atoms in total. The summed E-state index contributed by atoms with van der Waals surface area (Å²) in [6.45, 7) is 4.52. The summed E-state index contributed by atoms with van der Waals surface area (Å²) in [5, 5.41) is 6.23. The van der Waals surface area contributed by atoms with Crippen molar-refractivity contribution in [1.29, 1.82) is 0 Å². The van der Waals surface area contributed by atoms with Crippen LogP contribution in [-0.4, -0.2) is 32.8 Å². The number of fused-ring (bicyclic) bond motifs is 1. The predicted octanol–water partition coefficient (Wildman–Crippen LogP) is 2.83. The Morgan fingerprint density at radius 1 is 1.20 bits per heavy atom. The highest BCUT2D eigenvalue weighted by Crippen LogP contribution is 2.40. The molecule has 25 heavy (non-hydrogen) atoms. The zero-order chi connectivity index (χ0) is 17.6. The largest absolute Gasteiger partial charge is 0.493 e. The molecule has 0 saturated carbocycles. The number of anilines is 1. The lowest BCUT2D eigenvalue weighted by atomic mass is 10.1. The predicted molar refractivity (Wildman–Crippen MR) is 95.8 cm³/mol. The molecule has 0 fully saturated rings. The maximum Gasteiger partial charge on any atom is 0.255 e. The molecular formula is C19H22N2O4. The molecule has 2 aromatic carbocycles. The van der Waals surface area contributed by atoms with Crippen molar-refractivity contribution in [2.45, 2.75) is 13.5 Å². The van der Waals surface area contributed by atoms with E-state index in [4.69, 9.17) is 14.2 Å². The number of para-hydroxylation sites is 1. The number of ether oxygens (including phenoxy) is 3. The molecule has 2 N–H and O–H groups in total. The van der Waals surface area contributed by atoms with Gasteiger partial charge in [0.2, 0.25) is 5.75 Å². The molecule has 2 aromatic rings. The molecule has 6 heteroatoms. The van der Waals surface area contributed by atoms with Crippen molar-refractivity contribution in [3.63, 3.8) is 0 Å². The van der Waals surface area contributed by atoms with E-state index >= 15 is 0 Å². The van der Waals surface area contributed by atoms with Gasteiger partial charge in [-0.15, -0.1) is 0 Å². The van der Waals surface area contributed by atoms with Crippen LogP contribution in [0.25, 0.3) is 0 Å². The molecule has 0 aromatic heterocycles. The third-order valence-corrected chi connectivity index (χ3v) is 3.92. The van der Waals surface area contributed by atoms with Crippen LogP contribution < -0.4 is 24.8 Å². The number of hydrogen-bond donors (Lipinski definition) is 2. The van der Waals surface area contributed by atoms with E-state index in [2.05, 4.69) is 10.6 Å². The Bertz CT molecular complexity index is 744. The van der Waals surface area contributed by atoms with Crippen molar-refractivity contribution in [1.82, 2.24) is 5.32 Å². The zero-order valence-corrected chi connectivity index (χ0v) is 14.4. The molecule has 0 saturated heterocycles. The van der Waals surface area contributed by atoms with Crippen molar-refractivity contribution in [2.24, 2.45) is 0 Å². The minimum Gasteiger partial charge on any atom is -0.493 e. The summed E-state index contributed by atoms with van der Waals surface area (Å²) in [7, 11) is 1.54. The maximum absolute atomic E-state index is 12.7. The molecule has 1 heterocycles. The van der Waals surface area contributed by atoms with Gasteiger partial charge in [0, 0.05) is 17.8 Å². The van der Waals surface area contributed by atoms with Gasteiger partial charge < -0.3 is 24.8 Å². The Kier molecular flexibility index (Phi) is 5.40. The van der Waals surface area contributed by atoms with Gasteiger partial charge in [0.25, 0.3) is 5.91 Å². The fourth-order valence-corrected chi connectivity index (χ4v) is 2.65. The van der Waals surface area contributed by atoms with E-state index in [0.717, 1.165) is 17.8 Å². The highest BCUT2D eigenvalue weighted by atomic mass is 16.6. The molecule has 0 atom stereocenters. The van der Waals surface area contributed by atoms with E-state index in [1.54, 1.807) is 19.2 Å². The van der Waals surface area contributed by atoms with Crippen LogP contribution in [0.3, 0.4) is 0 Å². The number of amides is 1. The normalized spacial score (nSPS) is 12.6. The lowest BCUT2D eigenvalue weighted by Gasteiger charge is -2.21. The molecule has 0 aliphatic carbocycles. The second-order valence-electron chi connectivity index (χ2n) is 5.59. The summed E-state index contributed by atoms with van der Waals surface area (Å²) in [4.78, 5) is 12.7. The van der Waals surface area contributed by atoms with Crippen molar-refractivity contribution < 1.29 is 19.0 Å². The molecule has 1 amide bonds. The molecule has 0 spiro atoms. The van der Waals surface area contributed by atoms with E-state index < -0.39 is 0 Å². The fraction of sp³-hybridized carbons (Fsp3) is 0.316. The Labute approximate surface area is 147 Å². The Morgan fingerprint density at radius 3 is 2.80 bits per heavy atom. The van der Waals surface area contributed by atoms with E-state index in [-0.39, 0.29) is 5.91 Å². The van der Waals surface area contributed by atoms with Gasteiger partial charge in [-0.3, -0.25) is 4.79 Å². The summed E-state index contributed by atoms with van der Waals surface area (Å²) < 4.78 is 16.5. The minimum atomic E-state index is -0.223. The molecule has 132 valence electrons. The highest BCUT2D eigenvalue weighted by molar-refractivity contribution is 6.05. The van der Waals surface area contributed by atoms with Crippen molar-refractivity contribution >= 4 is 11.6 Å². The van der Waals surface area contributed by atoms with Gasteiger partial charge >= 0.3 is 0 Å². The second kappa shape index (κ2) is 7.90. The van der Waals surface area contributed by atoms with Crippen LogP contribution >= 0.6 is 0 Å². The topological polar surface area (TPSA) is 68.8 Å². The van der Waals surface area contributed by atoms with Gasteiger partial charge in [-0.05, 0) is 30.3 Å². The molecule has 0 unspecified atom stereocenters. The van der Waals surface area contributed by atoms with Crippen LogP contribution in [0.15, 0.2) is 36.4 Å². The van der Waals surface area contributed by atoms with Crippen LogP contribution in [0.1, 0.15) is 22.8 Å². The van der Waals surface area contributed by atoms with Crippen molar-refractivity contribution in [2.75, 3.05) is 32.2 Å². The number of benzene rings is 2. The summed E-state index contributed by atoms with van der Waals surface area (Å²) in [5.41, 5.74) is 2.27. The lowest BCUT2D eigenvalue weighted by Crippen LogP contribution is -2.19. The third-order valence-electron chi connectivity index (χ3n) is 3.92. The van der Waals surface area contributed by atoms with Gasteiger partial charge in [-0.2, -0.15) is 0 Å². The number of hydrogen-bond acceptors (Lipinski definition) is 5. The Balaban J connectivity index is 1.84. The smallest absolute Gasteiger partial charge is 0.255 e. The van der Waals surface area contributed by atoms with Crippen LogP contribution in [0.2, 0.25) is 0 Å². The molecule has 1 aliphatic heterocycles. The van der Waals surface area contributed by atoms with Crippen LogP contribution in [0.4, 0.5) is 5.69 Å². The molecule has 0 bridgehead atoms. The first-order valence-corrected chi connectivity index (χ1v) is 8.30. The minimum absolute atomic E-state index is 0.223. The summed E-state index contributed by atoms with van der Waals surface area (Å²) in [6, 6.07) is 11.1. The van der Waals surface area contributed by atoms with Crippen LogP contribution in [0, 0.1) is 0 Å². The zero-order valence-electron chi connectivity index (χ0n) is 14.4. The molecule has 3 rings (SSSR count). The van der Waals surface area contributed by atoms with E-state index in [1.165, 1.54) is 0 Å². The maximum atomic E-state index is 12.7. The fourth-order valence-electron chi connectivity index (χ4n) is 2.65. The first kappa shape index (κ1) is 17.1. The average molecular weight is 342 g/mol. The first-order valence-electron chi connectivity index (χ1n) is 8.30. The quantitative estimate of drug-likeness (QED) is 0.845. The third kappa shape index (κ3) is 3.85. The average Bonchev–Trinajstić information content (AvgIpc) is 2.66. The number of methoxy groups -OCH3 is 1. The van der Waals surface area contributed by atoms with Gasteiger partial charge in [0.15, 0.2) is 11.5 Å². The number of nitrogens with one attached hydrogen (secondary N) is 2. The Hall–Kier alpha value is -2.73. The van der Waals surface area contributed by atoms with E-state index in [0.29, 0.717) is 42.6 Å². The Morgan fingerprint density at radius 2 is 2.00 bits per heavy atom. The van der Waals surface area contributed by atoms with Crippen LogP contribution in [-0.2, 0) is 6.54 Å². The van der Waals surface area contributed by atoms with Crippen molar-refractivity contribution in [3.05, 3.63) is 47.5 Å². The second-order valence-corrected chi connectivity index (χ2v) is 5.59. The van der Waals surface area contributed by atoms with Gasteiger partial charge in [-0.1, -0.05) is 25.1 Å². The standard InChI is InChI=1S/C19H22N2O4/c1-3-20-12-13-6-4-5-7-15(13)21-19(22)14-10-16(23-2)18-17(11-14)24-8-9-25-18/h4-7,10-11,20H,3,8-9,12H2,1-2H3,(H,21,22). The molecular weight excluding hydrogens is 320 g/mol. The van der Waals surface area contributed by atoms with E-state index in [1.807, 2.05) is 31.2 Å². The number of carbonyl (C=O) groups excluding carboxylic acids is 1. The SMILES string of the molecule is CCNCc1ccccc1NC(=O)c1cc(OC)c2c(c1)OCCO2. The van der Waals surface area contributed by atoms with Gasteiger partial charge in [0.05, 0.1) is 7.11 Å². The van der Waals surface area contributed by atoms with E-state index in [9.17, 15) is 4.79 Å². The van der Waals surface area contributed by atoms with Gasteiger partial charge in [-0.25, -0.2) is 0 Å². The molecule has 0 radical (unpaired) electrons. The molecule has 1 aliphatic rings. The highest BCUT2D eigenvalue weighted by Gasteiger charge is 2.21. The lowest BCUT2D eigenvalue weighted by molar-refractivity contribution is 0.102. The number of rotatable bonds is 6. The van der Waals surface area contributed by atoms with Crippen LogP contribution in [0.5, 0.6) is 17.2 Å². The number of carbonyl (C=O) groups is 1. The monoisotopic (exact) mass is 342 g/mol. The van der Waals surface area contributed by atoms with Gasteiger partial charge in [0.1, 0.15) is 13.2 Å². The van der Waals surface area contributed by atoms with Crippen molar-refractivity contribution in [3.8, 4) is 17.2 Å². The first-order chi connectivity index (χ1) is 12.2.